The molecule has 1 atom stereocenters. The number of nitrogens with one attached hydrogen (secondary N) is 1. The van der Waals surface area contributed by atoms with Gasteiger partial charge in [0.25, 0.3) is 0 Å². The number of hydrogen-bond acceptors (Lipinski definition) is 4. The van der Waals surface area contributed by atoms with Gasteiger partial charge in [0.15, 0.2) is 0 Å². The van der Waals surface area contributed by atoms with E-state index in [1.807, 2.05) is 19.1 Å². The lowest BCUT2D eigenvalue weighted by Gasteiger charge is -2.15. The van der Waals surface area contributed by atoms with Crippen molar-refractivity contribution in [2.45, 2.75) is 32.2 Å². The number of benzene rings is 1. The number of amides is 1. The molecule has 0 aliphatic rings. The molecule has 2 N–H and O–H groups in total. The molecule has 2 rings (SSSR count). The normalized spacial score (nSPS) is 12.3. The summed E-state index contributed by atoms with van der Waals surface area (Å²) >= 11 is 0. The van der Waals surface area contributed by atoms with Gasteiger partial charge in [-0.25, -0.2) is 0 Å². The van der Waals surface area contributed by atoms with Crippen molar-refractivity contribution in [3.63, 3.8) is 0 Å². The van der Waals surface area contributed by atoms with E-state index in [4.69, 9.17) is 14.3 Å². The van der Waals surface area contributed by atoms with E-state index in [-0.39, 0.29) is 25.0 Å². The predicted molar refractivity (Wildman–Crippen MR) is 80.4 cm³/mol. The lowest BCUT2D eigenvalue weighted by molar-refractivity contribution is -0.121. The molecule has 1 heterocycles. The molecule has 0 spiro atoms. The molecule has 0 fully saturated rings. The molecule has 1 aromatic heterocycles. The van der Waals surface area contributed by atoms with E-state index in [0.29, 0.717) is 12.0 Å². The summed E-state index contributed by atoms with van der Waals surface area (Å²) in [6.07, 6.45) is 3.25. The molecule has 0 saturated heterocycles. The minimum atomic E-state index is -0.0613. The quantitative estimate of drug-likeness (QED) is 0.821. The van der Waals surface area contributed by atoms with Crippen LogP contribution < -0.4 is 10.1 Å². The number of aliphatic hydroxyl groups is 1. The highest BCUT2D eigenvalue weighted by Gasteiger charge is 2.14. The number of aliphatic hydroxyl groups excluding tert-OH is 1. The van der Waals surface area contributed by atoms with Crippen LogP contribution in [0.2, 0.25) is 0 Å². The van der Waals surface area contributed by atoms with Crippen LogP contribution in [0.1, 0.15) is 25.3 Å². The van der Waals surface area contributed by atoms with E-state index in [2.05, 4.69) is 5.32 Å². The van der Waals surface area contributed by atoms with Crippen molar-refractivity contribution in [1.29, 1.82) is 0 Å². The van der Waals surface area contributed by atoms with Gasteiger partial charge in [-0.2, -0.15) is 0 Å². The molecule has 0 aliphatic heterocycles. The second-order valence-electron chi connectivity index (χ2n) is 4.98. The van der Waals surface area contributed by atoms with Gasteiger partial charge in [-0.1, -0.05) is 6.92 Å². The number of rotatable bonds is 7. The third-order valence-electron chi connectivity index (χ3n) is 3.55. The maximum Gasteiger partial charge on any atom is 0.224 e. The summed E-state index contributed by atoms with van der Waals surface area (Å²) in [6.45, 7) is 2.06. The fraction of sp³-hybridized carbons (Fsp3) is 0.438. The Bertz CT molecular complexity index is 605. The van der Waals surface area contributed by atoms with Gasteiger partial charge in [0.1, 0.15) is 11.3 Å². The van der Waals surface area contributed by atoms with Crippen LogP contribution in [0, 0.1) is 0 Å². The number of ether oxygens (including phenoxy) is 1. The third kappa shape index (κ3) is 3.76. The van der Waals surface area contributed by atoms with Gasteiger partial charge in [-0.05, 0) is 25.0 Å². The number of furan rings is 1. The Labute approximate surface area is 123 Å². The lowest BCUT2D eigenvalue weighted by atomic mass is 10.1. The predicted octanol–water partition coefficient (Wildman–Crippen LogP) is 2.26. The maximum atomic E-state index is 12.1. The zero-order chi connectivity index (χ0) is 15.2. The average Bonchev–Trinajstić information content (AvgIpc) is 2.88. The van der Waals surface area contributed by atoms with E-state index in [1.165, 1.54) is 0 Å². The van der Waals surface area contributed by atoms with Gasteiger partial charge in [-0.3, -0.25) is 4.79 Å². The van der Waals surface area contributed by atoms with E-state index in [9.17, 15) is 4.79 Å². The summed E-state index contributed by atoms with van der Waals surface area (Å²) in [7, 11) is 1.60. The molecular formula is C16H21NO4. The zero-order valence-corrected chi connectivity index (χ0v) is 12.4. The number of fused-ring (bicyclic) bond motifs is 1. The number of hydrogen-bond donors (Lipinski definition) is 2. The second-order valence-corrected chi connectivity index (χ2v) is 4.98. The molecule has 1 aromatic carbocycles. The SMILES string of the molecule is CC[C@H](CCO)NC(=O)Cc1coc2cc(OC)ccc12. The van der Waals surface area contributed by atoms with Crippen LogP contribution in [-0.2, 0) is 11.2 Å². The van der Waals surface area contributed by atoms with Crippen LogP contribution in [0.15, 0.2) is 28.9 Å². The molecule has 5 heteroatoms. The molecule has 114 valence electrons. The molecule has 0 radical (unpaired) electrons. The van der Waals surface area contributed by atoms with Crippen molar-refractivity contribution < 1.29 is 19.1 Å². The van der Waals surface area contributed by atoms with Crippen molar-refractivity contribution in [3.05, 3.63) is 30.0 Å². The van der Waals surface area contributed by atoms with Gasteiger partial charge < -0.3 is 19.6 Å². The van der Waals surface area contributed by atoms with E-state index in [1.54, 1.807) is 19.4 Å². The molecule has 21 heavy (non-hydrogen) atoms. The summed E-state index contributed by atoms with van der Waals surface area (Å²) in [4.78, 5) is 12.1. The van der Waals surface area contributed by atoms with Crippen LogP contribution in [0.25, 0.3) is 11.0 Å². The number of carbonyl (C=O) groups is 1. The standard InChI is InChI=1S/C16H21NO4/c1-3-12(6-7-18)17-16(19)8-11-10-21-15-9-13(20-2)4-5-14(11)15/h4-5,9-10,12,18H,3,6-8H2,1-2H3,(H,17,19)/t12-/m1/s1. The first-order valence-electron chi connectivity index (χ1n) is 7.12. The zero-order valence-electron chi connectivity index (χ0n) is 12.4. The topological polar surface area (TPSA) is 71.7 Å². The van der Waals surface area contributed by atoms with Gasteiger partial charge in [0, 0.05) is 29.7 Å². The first kappa shape index (κ1) is 15.4. The van der Waals surface area contributed by atoms with Crippen LogP contribution in [-0.4, -0.2) is 30.8 Å². The molecule has 2 aromatic rings. The Morgan fingerprint density at radius 1 is 1.48 bits per heavy atom. The third-order valence-corrected chi connectivity index (χ3v) is 3.55. The highest BCUT2D eigenvalue weighted by atomic mass is 16.5. The van der Waals surface area contributed by atoms with Crippen molar-refractivity contribution in [3.8, 4) is 5.75 Å². The Morgan fingerprint density at radius 3 is 2.95 bits per heavy atom. The Morgan fingerprint density at radius 2 is 2.29 bits per heavy atom. The van der Waals surface area contributed by atoms with Gasteiger partial charge in [0.2, 0.25) is 5.91 Å². The van der Waals surface area contributed by atoms with Crippen molar-refractivity contribution in [2.75, 3.05) is 13.7 Å². The van der Waals surface area contributed by atoms with Crippen LogP contribution >= 0.6 is 0 Å². The van der Waals surface area contributed by atoms with Gasteiger partial charge in [-0.15, -0.1) is 0 Å². The largest absolute Gasteiger partial charge is 0.497 e. The van der Waals surface area contributed by atoms with E-state index >= 15 is 0 Å². The fourth-order valence-electron chi connectivity index (χ4n) is 2.31. The van der Waals surface area contributed by atoms with E-state index in [0.717, 1.165) is 23.1 Å². The van der Waals surface area contributed by atoms with Crippen LogP contribution in [0.3, 0.4) is 0 Å². The monoisotopic (exact) mass is 291 g/mol. The Balaban J connectivity index is 2.07. The molecule has 0 saturated carbocycles. The molecule has 5 nitrogen and oxygen atoms in total. The average molecular weight is 291 g/mol. The summed E-state index contributed by atoms with van der Waals surface area (Å²) in [6, 6.07) is 5.56. The van der Waals surface area contributed by atoms with Gasteiger partial charge >= 0.3 is 0 Å². The highest BCUT2D eigenvalue weighted by Crippen LogP contribution is 2.25. The Kier molecular flexibility index (Phi) is 5.22. The first-order chi connectivity index (χ1) is 10.2. The molecule has 0 unspecified atom stereocenters. The lowest BCUT2D eigenvalue weighted by Crippen LogP contribution is -2.36. The number of methoxy groups -OCH3 is 1. The van der Waals surface area contributed by atoms with Crippen LogP contribution in [0.5, 0.6) is 5.75 Å². The smallest absolute Gasteiger partial charge is 0.224 e. The summed E-state index contributed by atoms with van der Waals surface area (Å²) in [5.74, 6) is 0.663. The fourth-order valence-corrected chi connectivity index (χ4v) is 2.31. The summed E-state index contributed by atoms with van der Waals surface area (Å²) < 4.78 is 10.6. The molecule has 0 bridgehead atoms. The second kappa shape index (κ2) is 7.13. The molecular weight excluding hydrogens is 270 g/mol. The summed E-state index contributed by atoms with van der Waals surface area (Å²) in [5.41, 5.74) is 1.56. The minimum absolute atomic E-state index is 0.0146. The van der Waals surface area contributed by atoms with Gasteiger partial charge in [0.05, 0.1) is 19.8 Å². The van der Waals surface area contributed by atoms with Crippen molar-refractivity contribution >= 4 is 16.9 Å². The Hall–Kier alpha value is -2.01. The minimum Gasteiger partial charge on any atom is -0.497 e. The van der Waals surface area contributed by atoms with Crippen molar-refractivity contribution in [1.82, 2.24) is 5.32 Å². The molecule has 0 aliphatic carbocycles. The van der Waals surface area contributed by atoms with Crippen LogP contribution in [0.4, 0.5) is 0 Å². The van der Waals surface area contributed by atoms with E-state index < -0.39 is 0 Å². The molecule has 1 amide bonds. The first-order valence-corrected chi connectivity index (χ1v) is 7.12. The summed E-state index contributed by atoms with van der Waals surface area (Å²) in [5, 5.41) is 12.8. The number of carbonyl (C=O) groups excluding carboxylic acids is 1. The maximum absolute atomic E-state index is 12.1. The van der Waals surface area contributed by atoms with Crippen molar-refractivity contribution in [2.24, 2.45) is 0 Å². The highest BCUT2D eigenvalue weighted by molar-refractivity contribution is 5.88.